The van der Waals surface area contributed by atoms with Gasteiger partial charge >= 0.3 is 0 Å². The number of hydrogen-bond donors (Lipinski definition) is 1. The van der Waals surface area contributed by atoms with E-state index in [4.69, 9.17) is 4.42 Å². The Hall–Kier alpha value is -0.580. The Morgan fingerprint density at radius 1 is 1.21 bits per heavy atom. The summed E-state index contributed by atoms with van der Waals surface area (Å²) < 4.78 is 7.79. The molecule has 0 saturated carbocycles. The summed E-state index contributed by atoms with van der Waals surface area (Å²) in [5, 5.41) is 3.48. The number of halogens is 2. The molecule has 0 aliphatic carbocycles. The molecule has 4 heteroatoms. The topological polar surface area (TPSA) is 25.2 Å². The van der Waals surface area contributed by atoms with Gasteiger partial charge in [-0.15, -0.1) is 0 Å². The van der Waals surface area contributed by atoms with Gasteiger partial charge in [0.25, 0.3) is 0 Å². The molecule has 1 heterocycles. The van der Waals surface area contributed by atoms with Gasteiger partial charge in [0.15, 0.2) is 0 Å². The van der Waals surface area contributed by atoms with Crippen LogP contribution < -0.4 is 5.32 Å². The second-order valence-corrected chi connectivity index (χ2v) is 6.24. The molecular formula is C15H17Br2NO. The zero-order valence-electron chi connectivity index (χ0n) is 11.3. The van der Waals surface area contributed by atoms with E-state index in [0.29, 0.717) is 0 Å². The minimum absolute atomic E-state index is 0.0693. The Bertz CT molecular complexity index is 554. The fourth-order valence-electron chi connectivity index (χ4n) is 2.22. The van der Waals surface area contributed by atoms with Gasteiger partial charge in [0.05, 0.1) is 16.8 Å². The summed E-state index contributed by atoms with van der Waals surface area (Å²) in [7, 11) is 0. The van der Waals surface area contributed by atoms with E-state index >= 15 is 0 Å². The molecule has 0 aliphatic rings. The van der Waals surface area contributed by atoms with Crippen LogP contribution in [-0.4, -0.2) is 6.54 Å². The molecule has 1 aromatic heterocycles. The maximum Gasteiger partial charge on any atom is 0.139 e. The van der Waals surface area contributed by atoms with Gasteiger partial charge in [0.2, 0.25) is 0 Å². The predicted molar refractivity (Wildman–Crippen MR) is 85.5 cm³/mol. The molecule has 0 bridgehead atoms. The van der Waals surface area contributed by atoms with Crippen molar-refractivity contribution in [2.75, 3.05) is 6.54 Å². The Kier molecular flexibility index (Phi) is 4.87. The van der Waals surface area contributed by atoms with Crippen LogP contribution in [0.4, 0.5) is 0 Å². The normalized spacial score (nSPS) is 12.7. The summed E-state index contributed by atoms with van der Waals surface area (Å²) in [6, 6.07) is 6.39. The van der Waals surface area contributed by atoms with Crippen molar-refractivity contribution in [2.45, 2.75) is 26.8 Å². The standard InChI is InChI=1S/C15H17Br2NO/c1-4-18-14(15-12(16)5-6-19-15)11-7-9(2)13(17)10(3)8-11/h5-8,14,18H,4H2,1-3H3. The van der Waals surface area contributed by atoms with E-state index in [9.17, 15) is 0 Å². The number of hydrogen-bond acceptors (Lipinski definition) is 2. The largest absolute Gasteiger partial charge is 0.466 e. The molecule has 102 valence electrons. The molecule has 0 radical (unpaired) electrons. The maximum absolute atomic E-state index is 5.62. The lowest BCUT2D eigenvalue weighted by atomic mass is 9.99. The van der Waals surface area contributed by atoms with Gasteiger partial charge in [-0.25, -0.2) is 0 Å². The average molecular weight is 387 g/mol. The average Bonchev–Trinajstić information content (AvgIpc) is 2.78. The van der Waals surface area contributed by atoms with Gasteiger partial charge in [-0.1, -0.05) is 35.0 Å². The number of nitrogens with one attached hydrogen (secondary N) is 1. The molecule has 0 saturated heterocycles. The van der Waals surface area contributed by atoms with Crippen LogP contribution in [0, 0.1) is 13.8 Å². The SMILES string of the molecule is CCNC(c1cc(C)c(Br)c(C)c1)c1occc1Br. The lowest BCUT2D eigenvalue weighted by molar-refractivity contribution is 0.449. The minimum Gasteiger partial charge on any atom is -0.466 e. The van der Waals surface area contributed by atoms with Crippen molar-refractivity contribution in [2.24, 2.45) is 0 Å². The third-order valence-corrected chi connectivity index (χ3v) is 5.01. The van der Waals surface area contributed by atoms with Gasteiger partial charge < -0.3 is 9.73 Å². The summed E-state index contributed by atoms with van der Waals surface area (Å²) in [5.74, 6) is 0.919. The fraction of sp³-hybridized carbons (Fsp3) is 0.333. The van der Waals surface area contributed by atoms with Crippen molar-refractivity contribution < 1.29 is 4.42 Å². The van der Waals surface area contributed by atoms with E-state index in [2.05, 4.69) is 70.1 Å². The molecule has 0 amide bonds. The van der Waals surface area contributed by atoms with Crippen molar-refractivity contribution in [3.8, 4) is 0 Å². The molecule has 1 N–H and O–H groups in total. The quantitative estimate of drug-likeness (QED) is 0.788. The Morgan fingerprint density at radius 3 is 2.32 bits per heavy atom. The molecular weight excluding hydrogens is 370 g/mol. The van der Waals surface area contributed by atoms with Crippen molar-refractivity contribution in [3.05, 3.63) is 55.9 Å². The second kappa shape index (κ2) is 6.25. The molecule has 19 heavy (non-hydrogen) atoms. The maximum atomic E-state index is 5.62. The van der Waals surface area contributed by atoms with Gasteiger partial charge in [0.1, 0.15) is 5.76 Å². The summed E-state index contributed by atoms with van der Waals surface area (Å²) in [4.78, 5) is 0. The molecule has 2 aromatic rings. The van der Waals surface area contributed by atoms with Crippen molar-refractivity contribution >= 4 is 31.9 Å². The molecule has 2 nitrogen and oxygen atoms in total. The van der Waals surface area contributed by atoms with Gasteiger partial charge in [-0.2, -0.15) is 0 Å². The first kappa shape index (κ1) is 14.8. The van der Waals surface area contributed by atoms with Crippen LogP contribution in [0.3, 0.4) is 0 Å². The first-order chi connectivity index (χ1) is 9.04. The Balaban J connectivity index is 2.48. The first-order valence-corrected chi connectivity index (χ1v) is 7.86. The molecule has 0 aliphatic heterocycles. The Labute approximate surface area is 130 Å². The van der Waals surface area contributed by atoms with E-state index in [1.54, 1.807) is 6.26 Å². The van der Waals surface area contributed by atoms with E-state index < -0.39 is 0 Å². The Morgan fingerprint density at radius 2 is 1.84 bits per heavy atom. The smallest absolute Gasteiger partial charge is 0.139 e. The minimum atomic E-state index is 0.0693. The zero-order chi connectivity index (χ0) is 14.0. The van der Waals surface area contributed by atoms with E-state index in [1.807, 2.05) is 6.07 Å². The molecule has 2 rings (SSSR count). The van der Waals surface area contributed by atoms with E-state index in [1.165, 1.54) is 21.2 Å². The summed E-state index contributed by atoms with van der Waals surface area (Å²) in [6.45, 7) is 7.20. The molecule has 1 atom stereocenters. The van der Waals surface area contributed by atoms with E-state index in [0.717, 1.165) is 16.8 Å². The van der Waals surface area contributed by atoms with Crippen LogP contribution in [0.25, 0.3) is 0 Å². The number of aryl methyl sites for hydroxylation is 2. The molecule has 0 spiro atoms. The third kappa shape index (κ3) is 3.12. The van der Waals surface area contributed by atoms with Crippen LogP contribution in [-0.2, 0) is 0 Å². The highest BCUT2D eigenvalue weighted by Crippen LogP contribution is 2.32. The number of benzene rings is 1. The van der Waals surface area contributed by atoms with Crippen LogP contribution in [0.15, 0.2) is 37.8 Å². The highest BCUT2D eigenvalue weighted by Gasteiger charge is 2.20. The summed E-state index contributed by atoms with van der Waals surface area (Å²) in [5.41, 5.74) is 3.69. The number of rotatable bonds is 4. The van der Waals surface area contributed by atoms with Crippen LogP contribution in [0.5, 0.6) is 0 Å². The van der Waals surface area contributed by atoms with Crippen molar-refractivity contribution in [1.82, 2.24) is 5.32 Å². The van der Waals surface area contributed by atoms with Crippen LogP contribution in [0.2, 0.25) is 0 Å². The molecule has 1 aromatic carbocycles. The van der Waals surface area contributed by atoms with Crippen molar-refractivity contribution in [3.63, 3.8) is 0 Å². The highest BCUT2D eigenvalue weighted by atomic mass is 79.9. The second-order valence-electron chi connectivity index (χ2n) is 4.59. The van der Waals surface area contributed by atoms with Gasteiger partial charge in [-0.3, -0.25) is 0 Å². The van der Waals surface area contributed by atoms with Gasteiger partial charge in [-0.05, 0) is 59.1 Å². The van der Waals surface area contributed by atoms with E-state index in [-0.39, 0.29) is 6.04 Å². The zero-order valence-corrected chi connectivity index (χ0v) is 14.4. The fourth-order valence-corrected chi connectivity index (χ4v) is 2.88. The van der Waals surface area contributed by atoms with Crippen LogP contribution >= 0.6 is 31.9 Å². The molecule has 1 unspecified atom stereocenters. The highest BCUT2D eigenvalue weighted by molar-refractivity contribution is 9.10. The van der Waals surface area contributed by atoms with Gasteiger partial charge in [0, 0.05) is 4.47 Å². The molecule has 0 fully saturated rings. The predicted octanol–water partition coefficient (Wildman–Crippen LogP) is 5.12. The van der Waals surface area contributed by atoms with Crippen LogP contribution in [0.1, 0.15) is 35.4 Å². The monoisotopic (exact) mass is 385 g/mol. The summed E-state index contributed by atoms with van der Waals surface area (Å²) >= 11 is 7.15. The summed E-state index contributed by atoms with van der Waals surface area (Å²) in [6.07, 6.45) is 1.71. The number of furan rings is 1. The first-order valence-electron chi connectivity index (χ1n) is 6.27. The lowest BCUT2D eigenvalue weighted by Crippen LogP contribution is -2.22. The van der Waals surface area contributed by atoms with Crippen molar-refractivity contribution in [1.29, 1.82) is 0 Å². The third-order valence-electron chi connectivity index (χ3n) is 3.11. The lowest BCUT2D eigenvalue weighted by Gasteiger charge is -2.19.